The average Bonchev–Trinajstić information content (AvgIpc) is 2.34. The zero-order chi connectivity index (χ0) is 8.27. The van der Waals surface area contributed by atoms with Gasteiger partial charge in [-0.2, -0.15) is 0 Å². The minimum Gasteiger partial charge on any atom is -0.309 e. The van der Waals surface area contributed by atoms with Crippen molar-refractivity contribution in [2.45, 2.75) is 25.4 Å². The fourth-order valence-electron chi connectivity index (χ4n) is 0.908. The zero-order valence-corrected chi connectivity index (χ0v) is 7.98. The molecule has 1 rings (SSSR count). The fourth-order valence-corrected chi connectivity index (χ4v) is 1.56. The van der Waals surface area contributed by atoms with Crippen LogP contribution in [0.4, 0.5) is 0 Å². The van der Waals surface area contributed by atoms with Crippen LogP contribution in [-0.4, -0.2) is 20.5 Å². The molecule has 0 spiro atoms. The Morgan fingerprint density at radius 1 is 1.36 bits per heavy atom. The minimum absolute atomic E-state index is 0.952. The van der Waals surface area contributed by atoms with Gasteiger partial charge in [0, 0.05) is 13.5 Å². The Morgan fingerprint density at radius 2 is 2.09 bits per heavy atom. The van der Waals surface area contributed by atoms with Crippen LogP contribution in [0.1, 0.15) is 19.7 Å². The summed E-state index contributed by atoms with van der Waals surface area (Å²) in [6.07, 6.45) is 0.952. The Hall–Kier alpha value is -0.510. The van der Waals surface area contributed by atoms with E-state index in [9.17, 15) is 0 Å². The minimum atomic E-state index is 0.952. The molecule has 0 aliphatic carbocycles. The van der Waals surface area contributed by atoms with Crippen LogP contribution in [0.15, 0.2) is 5.16 Å². The summed E-state index contributed by atoms with van der Waals surface area (Å²) in [6.45, 7) is 4.20. The van der Waals surface area contributed by atoms with Gasteiger partial charge in [0.2, 0.25) is 0 Å². The van der Waals surface area contributed by atoms with Crippen LogP contribution >= 0.6 is 11.8 Å². The van der Waals surface area contributed by atoms with E-state index in [1.165, 1.54) is 0 Å². The first kappa shape index (κ1) is 8.59. The van der Waals surface area contributed by atoms with Crippen molar-refractivity contribution in [3.8, 4) is 0 Å². The number of aryl methyl sites for hydroxylation is 1. The van der Waals surface area contributed by atoms with Gasteiger partial charge in [0.25, 0.3) is 0 Å². The van der Waals surface area contributed by atoms with E-state index in [1.807, 2.05) is 11.6 Å². The molecule has 0 aromatic carbocycles. The number of thioether (sulfide) groups is 1. The Balaban J connectivity index is 2.82. The molecule has 0 saturated carbocycles. The molecule has 4 heteroatoms. The lowest BCUT2D eigenvalue weighted by Crippen LogP contribution is -1.96. The summed E-state index contributed by atoms with van der Waals surface area (Å²) in [6, 6.07) is 0. The molecule has 0 bridgehead atoms. The number of aromatic nitrogens is 3. The van der Waals surface area contributed by atoms with E-state index >= 15 is 0 Å². The van der Waals surface area contributed by atoms with E-state index in [4.69, 9.17) is 0 Å². The Labute approximate surface area is 71.2 Å². The first-order valence-corrected chi connectivity index (χ1v) is 4.79. The van der Waals surface area contributed by atoms with Crippen molar-refractivity contribution in [1.29, 1.82) is 0 Å². The fraction of sp³-hybridized carbons (Fsp3) is 0.714. The van der Waals surface area contributed by atoms with Crippen LogP contribution in [0.25, 0.3) is 0 Å². The van der Waals surface area contributed by atoms with Crippen LogP contribution in [0.3, 0.4) is 0 Å². The molecule has 3 nitrogen and oxygen atoms in total. The zero-order valence-electron chi connectivity index (χ0n) is 7.16. The highest BCUT2D eigenvalue weighted by Crippen LogP contribution is 2.14. The molecule has 0 fully saturated rings. The molecule has 62 valence electrons. The van der Waals surface area contributed by atoms with Gasteiger partial charge in [0.15, 0.2) is 5.16 Å². The van der Waals surface area contributed by atoms with E-state index in [0.717, 1.165) is 23.2 Å². The first-order chi connectivity index (χ1) is 5.29. The number of nitrogens with zero attached hydrogens (tertiary/aromatic N) is 3. The van der Waals surface area contributed by atoms with Crippen molar-refractivity contribution in [3.05, 3.63) is 5.82 Å². The molecular weight excluding hydrogens is 158 g/mol. The van der Waals surface area contributed by atoms with E-state index in [2.05, 4.69) is 24.0 Å². The van der Waals surface area contributed by atoms with Crippen molar-refractivity contribution in [2.75, 3.05) is 5.75 Å². The monoisotopic (exact) mass is 171 g/mol. The quantitative estimate of drug-likeness (QED) is 0.645. The van der Waals surface area contributed by atoms with Crippen molar-refractivity contribution in [1.82, 2.24) is 14.8 Å². The van der Waals surface area contributed by atoms with E-state index < -0.39 is 0 Å². The molecule has 0 amide bonds. The SMILES string of the molecule is CCSc1nnc(CC)n1C. The third kappa shape index (κ3) is 1.74. The third-order valence-corrected chi connectivity index (χ3v) is 2.42. The van der Waals surface area contributed by atoms with Crippen molar-refractivity contribution < 1.29 is 0 Å². The summed E-state index contributed by atoms with van der Waals surface area (Å²) in [7, 11) is 2.01. The van der Waals surface area contributed by atoms with Crippen LogP contribution in [0.5, 0.6) is 0 Å². The van der Waals surface area contributed by atoms with Gasteiger partial charge < -0.3 is 4.57 Å². The van der Waals surface area contributed by atoms with E-state index in [1.54, 1.807) is 11.8 Å². The standard InChI is InChI=1S/C7H13N3S/c1-4-6-8-9-7(10(6)3)11-5-2/h4-5H2,1-3H3. The number of hydrogen-bond acceptors (Lipinski definition) is 3. The van der Waals surface area contributed by atoms with Gasteiger partial charge in [0.1, 0.15) is 5.82 Å². The Kier molecular flexibility index (Phi) is 2.93. The maximum atomic E-state index is 4.05. The molecule has 0 N–H and O–H groups in total. The average molecular weight is 171 g/mol. The molecule has 0 saturated heterocycles. The van der Waals surface area contributed by atoms with Gasteiger partial charge in [-0.25, -0.2) is 0 Å². The van der Waals surface area contributed by atoms with Crippen LogP contribution in [0, 0.1) is 0 Å². The van der Waals surface area contributed by atoms with Gasteiger partial charge >= 0.3 is 0 Å². The normalized spacial score (nSPS) is 10.5. The molecule has 0 aliphatic rings. The summed E-state index contributed by atoms with van der Waals surface area (Å²) < 4.78 is 2.05. The van der Waals surface area contributed by atoms with Gasteiger partial charge in [-0.3, -0.25) is 0 Å². The molecule has 1 aromatic rings. The lowest BCUT2D eigenvalue weighted by atomic mass is 10.5. The predicted octanol–water partition coefficient (Wildman–Crippen LogP) is 1.49. The third-order valence-electron chi connectivity index (χ3n) is 1.51. The predicted molar refractivity (Wildman–Crippen MR) is 46.8 cm³/mol. The molecule has 0 atom stereocenters. The van der Waals surface area contributed by atoms with Crippen molar-refractivity contribution in [3.63, 3.8) is 0 Å². The van der Waals surface area contributed by atoms with Crippen LogP contribution < -0.4 is 0 Å². The lowest BCUT2D eigenvalue weighted by Gasteiger charge is -1.98. The highest BCUT2D eigenvalue weighted by molar-refractivity contribution is 7.99. The summed E-state index contributed by atoms with van der Waals surface area (Å²) >= 11 is 1.73. The van der Waals surface area contributed by atoms with Crippen molar-refractivity contribution in [2.24, 2.45) is 7.05 Å². The number of hydrogen-bond donors (Lipinski definition) is 0. The lowest BCUT2D eigenvalue weighted by molar-refractivity contribution is 0.742. The second-order valence-electron chi connectivity index (χ2n) is 2.24. The van der Waals surface area contributed by atoms with Crippen molar-refractivity contribution >= 4 is 11.8 Å². The molecule has 0 radical (unpaired) electrons. The number of rotatable bonds is 3. The summed E-state index contributed by atoms with van der Waals surface area (Å²) in [5, 5.41) is 9.12. The maximum absolute atomic E-state index is 4.05. The molecular formula is C7H13N3S. The highest BCUT2D eigenvalue weighted by atomic mass is 32.2. The van der Waals surface area contributed by atoms with Gasteiger partial charge in [-0.15, -0.1) is 10.2 Å². The van der Waals surface area contributed by atoms with Crippen LogP contribution in [0.2, 0.25) is 0 Å². The second-order valence-corrected chi connectivity index (χ2v) is 3.48. The summed E-state index contributed by atoms with van der Waals surface area (Å²) in [5.41, 5.74) is 0. The smallest absolute Gasteiger partial charge is 0.190 e. The van der Waals surface area contributed by atoms with Gasteiger partial charge in [-0.1, -0.05) is 25.6 Å². The Morgan fingerprint density at radius 3 is 2.55 bits per heavy atom. The highest BCUT2D eigenvalue weighted by Gasteiger charge is 2.04. The van der Waals surface area contributed by atoms with E-state index in [0.29, 0.717) is 0 Å². The second kappa shape index (κ2) is 3.76. The summed E-state index contributed by atoms with van der Waals surface area (Å²) in [5.74, 6) is 2.11. The molecule has 1 aromatic heterocycles. The molecule has 0 aliphatic heterocycles. The molecule has 11 heavy (non-hydrogen) atoms. The van der Waals surface area contributed by atoms with E-state index in [-0.39, 0.29) is 0 Å². The summed E-state index contributed by atoms with van der Waals surface area (Å²) in [4.78, 5) is 0. The first-order valence-electron chi connectivity index (χ1n) is 3.80. The van der Waals surface area contributed by atoms with Gasteiger partial charge in [0.05, 0.1) is 0 Å². The van der Waals surface area contributed by atoms with Crippen LogP contribution in [-0.2, 0) is 13.5 Å². The molecule has 1 heterocycles. The topological polar surface area (TPSA) is 30.7 Å². The van der Waals surface area contributed by atoms with Gasteiger partial charge in [-0.05, 0) is 5.75 Å². The largest absolute Gasteiger partial charge is 0.309 e. The maximum Gasteiger partial charge on any atom is 0.190 e. The Bertz CT molecular complexity index is 232. The molecule has 0 unspecified atom stereocenters.